The predicted octanol–water partition coefficient (Wildman–Crippen LogP) is 2.28. The predicted molar refractivity (Wildman–Crippen MR) is 70.5 cm³/mol. The van der Waals surface area contributed by atoms with E-state index in [0.717, 1.165) is 25.7 Å². The second-order valence-electron chi connectivity index (χ2n) is 7.19. The molecule has 4 nitrogen and oxygen atoms in total. The molecule has 3 fully saturated rings. The highest BCUT2D eigenvalue weighted by molar-refractivity contribution is 5.88. The maximum atomic E-state index is 12.7. The molecule has 19 heavy (non-hydrogen) atoms. The largest absolute Gasteiger partial charge is 0.480 e. The van der Waals surface area contributed by atoms with E-state index in [-0.39, 0.29) is 23.3 Å². The van der Waals surface area contributed by atoms with Crippen molar-refractivity contribution in [1.82, 2.24) is 4.90 Å². The Morgan fingerprint density at radius 3 is 2.42 bits per heavy atom. The summed E-state index contributed by atoms with van der Waals surface area (Å²) in [4.78, 5) is 25.9. The highest BCUT2D eigenvalue weighted by Gasteiger charge is 2.57. The molecule has 0 spiro atoms. The van der Waals surface area contributed by atoms with E-state index >= 15 is 0 Å². The number of carboxylic acid groups (broad SMARTS) is 1. The van der Waals surface area contributed by atoms with Crippen LogP contribution in [-0.2, 0) is 9.59 Å². The van der Waals surface area contributed by atoms with Crippen LogP contribution < -0.4 is 0 Å². The van der Waals surface area contributed by atoms with Crippen molar-refractivity contribution in [3.63, 3.8) is 0 Å². The highest BCUT2D eigenvalue weighted by Crippen LogP contribution is 2.54. The van der Waals surface area contributed by atoms with Gasteiger partial charge in [-0.3, -0.25) is 4.79 Å². The zero-order chi connectivity index (χ0) is 13.8. The average Bonchev–Trinajstić information content (AvgIpc) is 2.85. The van der Waals surface area contributed by atoms with Crippen LogP contribution >= 0.6 is 0 Å². The van der Waals surface area contributed by atoms with Crippen LogP contribution in [0.25, 0.3) is 0 Å². The summed E-state index contributed by atoms with van der Waals surface area (Å²) in [7, 11) is 0. The normalized spacial score (nSPS) is 39.8. The molecule has 106 valence electrons. The van der Waals surface area contributed by atoms with Crippen LogP contribution in [0.2, 0.25) is 0 Å². The third kappa shape index (κ3) is 2.05. The highest BCUT2D eigenvalue weighted by atomic mass is 16.4. The summed E-state index contributed by atoms with van der Waals surface area (Å²) in [6.45, 7) is 4.19. The standard InChI is InChI=1S/C15H23NO3/c1-15(2)8-10(15)13(17)16-11-6-4-3-5-9(11)7-12(16)14(18)19/h9-12H,3-8H2,1-2H3,(H,18,19). The molecule has 4 heteroatoms. The number of carboxylic acids is 1. The number of hydrogen-bond donors (Lipinski definition) is 1. The minimum absolute atomic E-state index is 0.0510. The molecule has 1 saturated heterocycles. The summed E-state index contributed by atoms with van der Waals surface area (Å²) in [5.41, 5.74) is 0.0763. The van der Waals surface area contributed by atoms with Crippen molar-refractivity contribution < 1.29 is 14.7 Å². The number of aliphatic carboxylic acids is 1. The minimum Gasteiger partial charge on any atom is -0.480 e. The lowest BCUT2D eigenvalue weighted by atomic mass is 9.84. The van der Waals surface area contributed by atoms with Crippen molar-refractivity contribution in [1.29, 1.82) is 0 Å². The molecule has 3 rings (SSSR count). The Morgan fingerprint density at radius 2 is 1.84 bits per heavy atom. The molecule has 1 aliphatic heterocycles. The Hall–Kier alpha value is -1.06. The van der Waals surface area contributed by atoms with Gasteiger partial charge in [0, 0.05) is 12.0 Å². The molecule has 1 N–H and O–H groups in total. The van der Waals surface area contributed by atoms with Gasteiger partial charge in [0.15, 0.2) is 0 Å². The van der Waals surface area contributed by atoms with Crippen LogP contribution in [0.4, 0.5) is 0 Å². The van der Waals surface area contributed by atoms with Crippen molar-refractivity contribution in [2.24, 2.45) is 17.3 Å². The molecule has 0 radical (unpaired) electrons. The number of hydrogen-bond acceptors (Lipinski definition) is 2. The topological polar surface area (TPSA) is 57.6 Å². The van der Waals surface area contributed by atoms with Crippen LogP contribution in [-0.4, -0.2) is 34.0 Å². The molecule has 2 saturated carbocycles. The molecular formula is C15H23NO3. The van der Waals surface area contributed by atoms with Crippen LogP contribution in [0.5, 0.6) is 0 Å². The number of carbonyl (C=O) groups excluding carboxylic acids is 1. The lowest BCUT2D eigenvalue weighted by molar-refractivity contribution is -0.150. The zero-order valence-electron chi connectivity index (χ0n) is 11.8. The van der Waals surface area contributed by atoms with Crippen LogP contribution in [0, 0.1) is 17.3 Å². The fourth-order valence-electron chi connectivity index (χ4n) is 4.07. The van der Waals surface area contributed by atoms with Crippen molar-refractivity contribution in [2.45, 2.75) is 64.5 Å². The van der Waals surface area contributed by atoms with E-state index in [2.05, 4.69) is 13.8 Å². The minimum atomic E-state index is -0.818. The number of nitrogens with zero attached hydrogens (tertiary/aromatic N) is 1. The third-order valence-corrected chi connectivity index (χ3v) is 5.44. The van der Waals surface area contributed by atoms with Crippen LogP contribution in [0.3, 0.4) is 0 Å². The van der Waals surface area contributed by atoms with E-state index in [4.69, 9.17) is 0 Å². The van der Waals surface area contributed by atoms with Gasteiger partial charge in [-0.2, -0.15) is 0 Å². The van der Waals surface area contributed by atoms with Crippen molar-refractivity contribution in [3.8, 4) is 0 Å². The molecule has 3 aliphatic rings. The molecule has 0 aromatic carbocycles. The fraction of sp³-hybridized carbons (Fsp3) is 0.867. The Morgan fingerprint density at radius 1 is 1.21 bits per heavy atom. The lowest BCUT2D eigenvalue weighted by Gasteiger charge is -2.33. The first kappa shape index (κ1) is 12.9. The molecule has 0 aromatic rings. The number of carbonyl (C=O) groups is 2. The molecular weight excluding hydrogens is 242 g/mol. The summed E-state index contributed by atoms with van der Waals surface area (Å²) >= 11 is 0. The number of amides is 1. The Bertz CT molecular complexity index is 418. The van der Waals surface area contributed by atoms with Gasteiger partial charge in [0.2, 0.25) is 5.91 Å². The van der Waals surface area contributed by atoms with Gasteiger partial charge in [0.1, 0.15) is 6.04 Å². The van der Waals surface area contributed by atoms with Crippen molar-refractivity contribution in [3.05, 3.63) is 0 Å². The summed E-state index contributed by atoms with van der Waals surface area (Å²) < 4.78 is 0. The average molecular weight is 265 g/mol. The summed E-state index contributed by atoms with van der Waals surface area (Å²) in [6.07, 6.45) is 5.97. The maximum Gasteiger partial charge on any atom is 0.326 e. The van der Waals surface area contributed by atoms with Gasteiger partial charge in [0.25, 0.3) is 0 Å². The van der Waals surface area contributed by atoms with Gasteiger partial charge in [-0.1, -0.05) is 26.7 Å². The molecule has 0 bridgehead atoms. The van der Waals surface area contributed by atoms with E-state index in [0.29, 0.717) is 12.3 Å². The van der Waals surface area contributed by atoms with Gasteiger partial charge in [0.05, 0.1) is 0 Å². The van der Waals surface area contributed by atoms with E-state index in [1.807, 2.05) is 0 Å². The molecule has 1 amide bonds. The van der Waals surface area contributed by atoms with Crippen LogP contribution in [0.1, 0.15) is 52.4 Å². The molecule has 4 unspecified atom stereocenters. The third-order valence-electron chi connectivity index (χ3n) is 5.44. The van der Waals surface area contributed by atoms with E-state index < -0.39 is 12.0 Å². The zero-order valence-corrected chi connectivity index (χ0v) is 11.8. The fourth-order valence-corrected chi connectivity index (χ4v) is 4.07. The maximum absolute atomic E-state index is 12.7. The molecule has 4 atom stereocenters. The monoisotopic (exact) mass is 265 g/mol. The van der Waals surface area contributed by atoms with E-state index in [9.17, 15) is 14.7 Å². The second-order valence-corrected chi connectivity index (χ2v) is 7.19. The van der Waals surface area contributed by atoms with Gasteiger partial charge in [-0.05, 0) is 37.0 Å². The Balaban J connectivity index is 1.83. The number of rotatable bonds is 2. The lowest BCUT2D eigenvalue weighted by Crippen LogP contribution is -2.47. The van der Waals surface area contributed by atoms with Gasteiger partial charge in [-0.25, -0.2) is 4.79 Å². The second kappa shape index (κ2) is 4.22. The van der Waals surface area contributed by atoms with Crippen LogP contribution in [0.15, 0.2) is 0 Å². The van der Waals surface area contributed by atoms with E-state index in [1.54, 1.807) is 4.90 Å². The summed E-state index contributed by atoms with van der Waals surface area (Å²) in [5.74, 6) is -0.247. The summed E-state index contributed by atoms with van der Waals surface area (Å²) in [5, 5.41) is 9.42. The number of fused-ring (bicyclic) bond motifs is 1. The smallest absolute Gasteiger partial charge is 0.326 e. The van der Waals surface area contributed by atoms with Gasteiger partial charge in [-0.15, -0.1) is 0 Å². The van der Waals surface area contributed by atoms with Gasteiger partial charge < -0.3 is 10.0 Å². The Kier molecular flexibility index (Phi) is 2.88. The number of likely N-dealkylation sites (tertiary alicyclic amines) is 1. The van der Waals surface area contributed by atoms with Gasteiger partial charge >= 0.3 is 5.97 Å². The first-order valence-electron chi connectivity index (χ1n) is 7.47. The molecule has 1 heterocycles. The van der Waals surface area contributed by atoms with Crippen molar-refractivity contribution >= 4 is 11.9 Å². The SMILES string of the molecule is CC1(C)CC1C(=O)N1C(C(=O)O)CC2CCCCC21. The summed E-state index contributed by atoms with van der Waals surface area (Å²) in [6, 6.07) is -0.379. The Labute approximate surface area is 114 Å². The molecule has 2 aliphatic carbocycles. The van der Waals surface area contributed by atoms with Crippen molar-refractivity contribution in [2.75, 3.05) is 0 Å². The molecule has 0 aromatic heterocycles. The first-order chi connectivity index (χ1) is 8.92. The quantitative estimate of drug-likeness (QED) is 0.833. The van der Waals surface area contributed by atoms with E-state index in [1.165, 1.54) is 6.42 Å². The first-order valence-corrected chi connectivity index (χ1v) is 7.47.